The third kappa shape index (κ3) is 1.01. The molecule has 1 aliphatic heterocycles. The van der Waals surface area contributed by atoms with Gasteiger partial charge >= 0.3 is 0 Å². The van der Waals surface area contributed by atoms with E-state index in [0.29, 0.717) is 5.75 Å². The first-order valence-corrected chi connectivity index (χ1v) is 4.94. The first-order chi connectivity index (χ1) is 6.36. The Bertz CT molecular complexity index is 344. The molecule has 0 aromatic heterocycles. The summed E-state index contributed by atoms with van der Waals surface area (Å²) < 4.78 is 0. The van der Waals surface area contributed by atoms with Crippen LogP contribution in [0.15, 0.2) is 18.2 Å². The third-order valence-electron chi connectivity index (χ3n) is 3.03. The van der Waals surface area contributed by atoms with Gasteiger partial charge in [0.2, 0.25) is 0 Å². The molecular weight excluding hydrogens is 162 g/mol. The Balaban J connectivity index is 2.05. The van der Waals surface area contributed by atoms with Crippen LogP contribution in [0.3, 0.4) is 0 Å². The van der Waals surface area contributed by atoms with Crippen molar-refractivity contribution >= 4 is 5.69 Å². The minimum absolute atomic E-state index is 0.473. The lowest BCUT2D eigenvalue weighted by atomic mass is 10.1. The monoisotopic (exact) mass is 175 g/mol. The Labute approximate surface area is 77.8 Å². The summed E-state index contributed by atoms with van der Waals surface area (Å²) in [7, 11) is 0. The molecular formula is C11H13NO. The lowest BCUT2D eigenvalue weighted by Gasteiger charge is -2.18. The Morgan fingerprint density at radius 2 is 2.15 bits per heavy atom. The summed E-state index contributed by atoms with van der Waals surface area (Å²) in [6, 6.07) is 6.62. The molecule has 0 atom stereocenters. The number of phenolic OH excluding ortho intramolecular Hbond substituents is 1. The van der Waals surface area contributed by atoms with Crippen LogP contribution in [0.25, 0.3) is 0 Å². The molecule has 1 heterocycles. The fraction of sp³-hybridized carbons (Fsp3) is 0.455. The molecule has 1 saturated carbocycles. The van der Waals surface area contributed by atoms with E-state index in [4.69, 9.17) is 0 Å². The lowest BCUT2D eigenvalue weighted by molar-refractivity contribution is 0.470. The van der Waals surface area contributed by atoms with Crippen molar-refractivity contribution in [2.24, 2.45) is 0 Å². The molecule has 2 nitrogen and oxygen atoms in total. The molecule has 1 aromatic rings. The van der Waals surface area contributed by atoms with Crippen LogP contribution in [0.2, 0.25) is 0 Å². The van der Waals surface area contributed by atoms with E-state index in [1.54, 1.807) is 6.07 Å². The van der Waals surface area contributed by atoms with Gasteiger partial charge in [-0.05, 0) is 31.4 Å². The first kappa shape index (κ1) is 7.25. The molecule has 1 aromatic carbocycles. The van der Waals surface area contributed by atoms with E-state index in [1.165, 1.54) is 18.5 Å². The SMILES string of the molecule is Oc1cccc2c1CCN2C1CC1. The van der Waals surface area contributed by atoms with E-state index in [9.17, 15) is 5.11 Å². The number of benzene rings is 1. The number of nitrogens with zero attached hydrogens (tertiary/aromatic N) is 1. The largest absolute Gasteiger partial charge is 0.508 e. The predicted octanol–water partition coefficient (Wildman–Crippen LogP) is 1.92. The Hall–Kier alpha value is -1.18. The van der Waals surface area contributed by atoms with Gasteiger partial charge in [0.25, 0.3) is 0 Å². The summed E-state index contributed by atoms with van der Waals surface area (Å²) in [5.41, 5.74) is 2.41. The molecule has 2 aliphatic rings. The minimum atomic E-state index is 0.473. The second-order valence-electron chi connectivity index (χ2n) is 3.95. The smallest absolute Gasteiger partial charge is 0.120 e. The fourth-order valence-electron chi connectivity index (χ4n) is 2.21. The maximum Gasteiger partial charge on any atom is 0.120 e. The molecule has 0 saturated heterocycles. The number of aromatic hydroxyl groups is 1. The van der Waals surface area contributed by atoms with Crippen LogP contribution in [0.1, 0.15) is 18.4 Å². The van der Waals surface area contributed by atoms with Crippen molar-refractivity contribution in [2.75, 3.05) is 11.4 Å². The third-order valence-corrected chi connectivity index (χ3v) is 3.03. The van der Waals surface area contributed by atoms with Crippen molar-refractivity contribution in [1.82, 2.24) is 0 Å². The van der Waals surface area contributed by atoms with E-state index >= 15 is 0 Å². The van der Waals surface area contributed by atoms with Crippen molar-refractivity contribution in [3.05, 3.63) is 23.8 Å². The van der Waals surface area contributed by atoms with Crippen LogP contribution in [0.4, 0.5) is 5.69 Å². The second-order valence-corrected chi connectivity index (χ2v) is 3.95. The van der Waals surface area contributed by atoms with E-state index in [-0.39, 0.29) is 0 Å². The molecule has 1 N–H and O–H groups in total. The predicted molar refractivity (Wildman–Crippen MR) is 52.2 cm³/mol. The van der Waals surface area contributed by atoms with Crippen molar-refractivity contribution in [2.45, 2.75) is 25.3 Å². The summed E-state index contributed by atoms with van der Waals surface area (Å²) >= 11 is 0. The van der Waals surface area contributed by atoms with E-state index in [2.05, 4.69) is 11.0 Å². The van der Waals surface area contributed by atoms with Gasteiger partial charge < -0.3 is 10.0 Å². The minimum Gasteiger partial charge on any atom is -0.508 e. The van der Waals surface area contributed by atoms with Crippen LogP contribution < -0.4 is 4.90 Å². The number of fused-ring (bicyclic) bond motifs is 1. The molecule has 0 bridgehead atoms. The van der Waals surface area contributed by atoms with Gasteiger partial charge in [0.15, 0.2) is 0 Å². The molecule has 0 unspecified atom stereocenters. The molecule has 2 heteroatoms. The van der Waals surface area contributed by atoms with Crippen LogP contribution in [0, 0.1) is 0 Å². The summed E-state index contributed by atoms with van der Waals surface area (Å²) in [6.07, 6.45) is 3.67. The molecule has 0 amide bonds. The van der Waals surface area contributed by atoms with Gasteiger partial charge in [0, 0.05) is 23.8 Å². The molecule has 13 heavy (non-hydrogen) atoms. The highest BCUT2D eigenvalue weighted by Crippen LogP contribution is 2.40. The zero-order valence-corrected chi connectivity index (χ0v) is 7.53. The molecule has 1 fully saturated rings. The van der Waals surface area contributed by atoms with E-state index < -0.39 is 0 Å². The fourth-order valence-corrected chi connectivity index (χ4v) is 2.21. The van der Waals surface area contributed by atoms with Crippen LogP contribution >= 0.6 is 0 Å². The van der Waals surface area contributed by atoms with Gasteiger partial charge in [-0.2, -0.15) is 0 Å². The first-order valence-electron chi connectivity index (χ1n) is 4.94. The highest BCUT2D eigenvalue weighted by Gasteiger charge is 2.33. The summed E-state index contributed by atoms with van der Waals surface area (Å²) in [5.74, 6) is 0.473. The zero-order valence-electron chi connectivity index (χ0n) is 7.53. The standard InChI is InChI=1S/C11H13NO/c13-11-3-1-2-10-9(11)6-7-12(10)8-4-5-8/h1-3,8,13H,4-7H2. The lowest BCUT2D eigenvalue weighted by Crippen LogP contribution is -2.22. The number of rotatable bonds is 1. The maximum atomic E-state index is 9.62. The average Bonchev–Trinajstić information content (AvgIpc) is 2.87. The van der Waals surface area contributed by atoms with Crippen molar-refractivity contribution in [3.63, 3.8) is 0 Å². The highest BCUT2D eigenvalue weighted by atomic mass is 16.3. The van der Waals surface area contributed by atoms with Gasteiger partial charge in [-0.15, -0.1) is 0 Å². The molecule has 1 aliphatic carbocycles. The van der Waals surface area contributed by atoms with Crippen LogP contribution in [0.5, 0.6) is 5.75 Å². The number of anilines is 1. The van der Waals surface area contributed by atoms with E-state index in [0.717, 1.165) is 24.6 Å². The van der Waals surface area contributed by atoms with E-state index in [1.807, 2.05) is 6.07 Å². The summed E-state index contributed by atoms with van der Waals surface area (Å²) in [4.78, 5) is 2.44. The quantitative estimate of drug-likeness (QED) is 0.704. The van der Waals surface area contributed by atoms with Crippen molar-refractivity contribution in [3.8, 4) is 5.75 Å². The number of hydrogen-bond acceptors (Lipinski definition) is 2. The normalized spacial score (nSPS) is 20.5. The average molecular weight is 175 g/mol. The Morgan fingerprint density at radius 3 is 2.92 bits per heavy atom. The van der Waals surface area contributed by atoms with Crippen molar-refractivity contribution in [1.29, 1.82) is 0 Å². The van der Waals surface area contributed by atoms with Gasteiger partial charge in [-0.25, -0.2) is 0 Å². The maximum absolute atomic E-state index is 9.62. The topological polar surface area (TPSA) is 23.5 Å². The molecule has 68 valence electrons. The molecule has 0 spiro atoms. The number of phenols is 1. The summed E-state index contributed by atoms with van der Waals surface area (Å²) in [6.45, 7) is 1.09. The van der Waals surface area contributed by atoms with Gasteiger partial charge in [-0.3, -0.25) is 0 Å². The van der Waals surface area contributed by atoms with Crippen molar-refractivity contribution < 1.29 is 5.11 Å². The Morgan fingerprint density at radius 1 is 1.31 bits per heavy atom. The highest BCUT2D eigenvalue weighted by molar-refractivity contribution is 5.64. The number of hydrogen-bond donors (Lipinski definition) is 1. The van der Waals surface area contributed by atoms with Crippen LogP contribution in [-0.4, -0.2) is 17.7 Å². The van der Waals surface area contributed by atoms with Gasteiger partial charge in [-0.1, -0.05) is 6.07 Å². The zero-order chi connectivity index (χ0) is 8.84. The summed E-state index contributed by atoms with van der Waals surface area (Å²) in [5, 5.41) is 9.62. The Kier molecular flexibility index (Phi) is 1.34. The van der Waals surface area contributed by atoms with Crippen LogP contribution in [-0.2, 0) is 6.42 Å². The van der Waals surface area contributed by atoms with Gasteiger partial charge in [0.05, 0.1) is 0 Å². The second kappa shape index (κ2) is 2.41. The molecule has 0 radical (unpaired) electrons. The van der Waals surface area contributed by atoms with Gasteiger partial charge in [0.1, 0.15) is 5.75 Å². The molecule has 3 rings (SSSR count).